The molecule has 2 aromatic rings. The molecule has 0 spiro atoms. The molecule has 2 aliphatic rings. The van der Waals surface area contributed by atoms with Crippen LogP contribution in [0.4, 0.5) is 0 Å². The van der Waals surface area contributed by atoms with E-state index in [1.54, 1.807) is 6.92 Å². The van der Waals surface area contributed by atoms with E-state index in [2.05, 4.69) is 22.3 Å². The van der Waals surface area contributed by atoms with Crippen molar-refractivity contribution in [1.82, 2.24) is 14.7 Å². The molecule has 0 unspecified atom stereocenters. The van der Waals surface area contributed by atoms with E-state index in [1.807, 2.05) is 29.1 Å². The fourth-order valence-corrected chi connectivity index (χ4v) is 4.43. The zero-order valence-corrected chi connectivity index (χ0v) is 19.2. The third-order valence-electron chi connectivity index (χ3n) is 6.45. The lowest BCUT2D eigenvalue weighted by atomic mass is 9.82. The molecule has 0 bridgehead atoms. The molecule has 0 aliphatic carbocycles. The molecule has 2 N–H and O–H groups in total. The SMILES string of the molecule is [B]C([B])Oc1cc(-c2cnn(C3CCOCC3)c2)ccc1CN1CCC=C([C@](C)(O)CO)C1. The summed E-state index contributed by atoms with van der Waals surface area (Å²) in [5.74, 6) is -0.303. The van der Waals surface area contributed by atoms with E-state index in [9.17, 15) is 10.2 Å². The lowest BCUT2D eigenvalue weighted by Crippen LogP contribution is -2.40. The van der Waals surface area contributed by atoms with E-state index in [-0.39, 0.29) is 6.61 Å². The Morgan fingerprint density at radius 1 is 1.27 bits per heavy atom. The van der Waals surface area contributed by atoms with E-state index >= 15 is 0 Å². The summed E-state index contributed by atoms with van der Waals surface area (Å²) in [6.45, 7) is 4.89. The predicted molar refractivity (Wildman–Crippen MR) is 128 cm³/mol. The minimum absolute atomic E-state index is 0.306. The van der Waals surface area contributed by atoms with Crippen LogP contribution in [0.5, 0.6) is 5.75 Å². The topological polar surface area (TPSA) is 80.0 Å². The summed E-state index contributed by atoms with van der Waals surface area (Å²) in [7, 11) is 11.5. The Morgan fingerprint density at radius 2 is 2.06 bits per heavy atom. The second-order valence-electron chi connectivity index (χ2n) is 9.12. The summed E-state index contributed by atoms with van der Waals surface area (Å²) in [6, 6.07) is 6.40. The maximum atomic E-state index is 10.4. The Balaban J connectivity index is 1.52. The van der Waals surface area contributed by atoms with Crippen molar-refractivity contribution in [1.29, 1.82) is 0 Å². The number of aromatic nitrogens is 2. The van der Waals surface area contributed by atoms with Gasteiger partial charge in [0.05, 0.1) is 18.8 Å². The number of hydrogen-bond acceptors (Lipinski definition) is 6. The molecule has 7 nitrogen and oxygen atoms in total. The van der Waals surface area contributed by atoms with Gasteiger partial charge < -0.3 is 19.7 Å². The summed E-state index contributed by atoms with van der Waals surface area (Å²) in [5.41, 5.74) is 2.56. The van der Waals surface area contributed by atoms with Gasteiger partial charge in [-0.1, -0.05) is 18.2 Å². The van der Waals surface area contributed by atoms with Gasteiger partial charge in [0, 0.05) is 56.1 Å². The molecule has 1 fully saturated rings. The fraction of sp³-hybridized carbons (Fsp3) is 0.542. The van der Waals surface area contributed by atoms with Crippen LogP contribution in [0.25, 0.3) is 11.1 Å². The molecule has 0 saturated carbocycles. The average molecular weight is 447 g/mol. The maximum Gasteiger partial charge on any atom is 0.122 e. The first-order valence-electron chi connectivity index (χ1n) is 11.5. The van der Waals surface area contributed by atoms with E-state index in [0.717, 1.165) is 61.3 Å². The van der Waals surface area contributed by atoms with Gasteiger partial charge in [0.15, 0.2) is 0 Å². The highest BCUT2D eigenvalue weighted by atomic mass is 16.5. The smallest absolute Gasteiger partial charge is 0.122 e. The molecule has 1 aromatic heterocycles. The van der Waals surface area contributed by atoms with Crippen molar-refractivity contribution < 1.29 is 19.7 Å². The molecule has 1 aromatic carbocycles. The molecular weight excluding hydrogens is 416 g/mol. The average Bonchev–Trinajstić information content (AvgIpc) is 3.31. The molecule has 4 rings (SSSR count). The first kappa shape index (κ1) is 24.1. The van der Waals surface area contributed by atoms with Gasteiger partial charge in [0.1, 0.15) is 27.0 Å². The van der Waals surface area contributed by atoms with Gasteiger partial charge in [-0.25, -0.2) is 0 Å². The molecule has 1 atom stereocenters. The van der Waals surface area contributed by atoms with Gasteiger partial charge in [-0.05, 0) is 43.4 Å². The number of aliphatic hydroxyl groups is 2. The second kappa shape index (κ2) is 10.5. The predicted octanol–water partition coefficient (Wildman–Crippen LogP) is 1.78. The monoisotopic (exact) mass is 447 g/mol. The maximum absolute atomic E-state index is 10.4. The molecule has 9 heteroatoms. The van der Waals surface area contributed by atoms with Crippen molar-refractivity contribution in [2.24, 2.45) is 0 Å². The highest BCUT2D eigenvalue weighted by Crippen LogP contribution is 2.31. The molecule has 172 valence electrons. The zero-order chi connectivity index (χ0) is 23.4. The van der Waals surface area contributed by atoms with Crippen LogP contribution >= 0.6 is 0 Å². The van der Waals surface area contributed by atoms with Crippen LogP contribution in [0.2, 0.25) is 0 Å². The number of ether oxygens (including phenoxy) is 2. The largest absolute Gasteiger partial charge is 0.510 e. The molecule has 3 heterocycles. The Bertz CT molecular complexity index is 970. The lowest BCUT2D eigenvalue weighted by Gasteiger charge is -2.34. The van der Waals surface area contributed by atoms with Gasteiger partial charge in [-0.3, -0.25) is 9.58 Å². The van der Waals surface area contributed by atoms with Crippen LogP contribution in [-0.4, -0.2) is 85.0 Å². The van der Waals surface area contributed by atoms with Gasteiger partial charge in [-0.2, -0.15) is 5.10 Å². The number of nitrogens with zero attached hydrogens (tertiary/aromatic N) is 3. The van der Waals surface area contributed by atoms with Crippen molar-refractivity contribution >= 4 is 15.7 Å². The van der Waals surface area contributed by atoms with Crippen molar-refractivity contribution in [2.75, 3.05) is 32.9 Å². The zero-order valence-electron chi connectivity index (χ0n) is 19.2. The second-order valence-corrected chi connectivity index (χ2v) is 9.12. The molecule has 2 aliphatic heterocycles. The number of rotatable bonds is 8. The summed E-state index contributed by atoms with van der Waals surface area (Å²) in [5, 5.41) is 24.5. The Labute approximate surface area is 198 Å². The van der Waals surface area contributed by atoms with Crippen LogP contribution in [0.3, 0.4) is 0 Å². The number of aliphatic hydroxyl groups excluding tert-OH is 1. The molecule has 4 radical (unpaired) electrons. The summed E-state index contributed by atoms with van der Waals surface area (Å²) in [6.07, 6.45) is 8.68. The van der Waals surface area contributed by atoms with E-state index < -0.39 is 11.5 Å². The van der Waals surface area contributed by atoms with E-state index in [1.165, 1.54) is 0 Å². The van der Waals surface area contributed by atoms with Crippen molar-refractivity contribution in [3.63, 3.8) is 0 Å². The van der Waals surface area contributed by atoms with Crippen LogP contribution in [0, 0.1) is 0 Å². The Kier molecular flexibility index (Phi) is 7.64. The van der Waals surface area contributed by atoms with Gasteiger partial charge in [0.25, 0.3) is 0 Å². The third-order valence-corrected chi connectivity index (χ3v) is 6.45. The van der Waals surface area contributed by atoms with Crippen molar-refractivity contribution in [3.8, 4) is 16.9 Å². The van der Waals surface area contributed by atoms with Crippen molar-refractivity contribution in [2.45, 2.75) is 50.3 Å². The van der Waals surface area contributed by atoms with Crippen LogP contribution in [0.1, 0.15) is 37.8 Å². The molecule has 1 saturated heterocycles. The van der Waals surface area contributed by atoms with Gasteiger partial charge in [-0.15, -0.1) is 0 Å². The summed E-state index contributed by atoms with van der Waals surface area (Å²) < 4.78 is 13.2. The van der Waals surface area contributed by atoms with E-state index in [4.69, 9.17) is 25.2 Å². The number of hydrogen-bond donors (Lipinski definition) is 2. The molecule has 33 heavy (non-hydrogen) atoms. The summed E-state index contributed by atoms with van der Waals surface area (Å²) in [4.78, 5) is 2.21. The first-order chi connectivity index (χ1) is 15.9. The van der Waals surface area contributed by atoms with E-state index in [0.29, 0.717) is 24.9 Å². The molecular formula is C24H31B2N3O4. The minimum Gasteiger partial charge on any atom is -0.510 e. The highest BCUT2D eigenvalue weighted by molar-refractivity contribution is 6.34. The first-order valence-corrected chi connectivity index (χ1v) is 11.5. The lowest BCUT2D eigenvalue weighted by molar-refractivity contribution is 0.0247. The van der Waals surface area contributed by atoms with Crippen LogP contribution < -0.4 is 4.74 Å². The Hall–Kier alpha value is -2.06. The van der Waals surface area contributed by atoms with Crippen molar-refractivity contribution in [3.05, 3.63) is 47.8 Å². The highest BCUT2D eigenvalue weighted by Gasteiger charge is 2.28. The normalized spacial score (nSPS) is 19.9. The Morgan fingerprint density at radius 3 is 2.79 bits per heavy atom. The standard InChI is InChI=1S/C24H31B2N3O4/c1-24(31,16-30)20-3-2-8-28(15-20)13-18-5-4-17(11-22(18)33-23(25)26)19-12-27-29(14-19)21-6-9-32-10-7-21/h3-5,11-12,14,21,23,30-31H,2,6-10,13,15-16H2,1H3/t24-/m1/s1. The minimum atomic E-state index is -1.22. The third kappa shape index (κ3) is 5.90. The fourth-order valence-electron chi connectivity index (χ4n) is 4.43. The van der Waals surface area contributed by atoms with Crippen LogP contribution in [-0.2, 0) is 11.3 Å². The van der Waals surface area contributed by atoms with Gasteiger partial charge >= 0.3 is 0 Å². The summed E-state index contributed by atoms with van der Waals surface area (Å²) >= 11 is 0. The molecule has 0 amide bonds. The van der Waals surface area contributed by atoms with Crippen LogP contribution in [0.15, 0.2) is 42.2 Å². The number of benzene rings is 1. The quantitative estimate of drug-likeness (QED) is 0.475. The van der Waals surface area contributed by atoms with Gasteiger partial charge in [0.2, 0.25) is 0 Å².